The molecule has 2 heterocycles. The Hall–Kier alpha value is -2.42. The summed E-state index contributed by atoms with van der Waals surface area (Å²) in [5, 5.41) is 10.6. The van der Waals surface area contributed by atoms with Crippen LogP contribution >= 0.6 is 22.9 Å². The smallest absolute Gasteiger partial charge is 0.341 e. The first-order chi connectivity index (χ1) is 13.8. The monoisotopic (exact) mass is 439 g/mol. The molecule has 0 unspecified atom stereocenters. The van der Waals surface area contributed by atoms with Crippen LogP contribution in [-0.4, -0.2) is 48.2 Å². The SMILES string of the molecule is CC(=O)OCC(=O)O.COC(=O)[C@H](c1ccccc1Cl)N1CCc2sccc2C1. The third kappa shape index (κ3) is 6.56. The highest BCUT2D eigenvalue weighted by molar-refractivity contribution is 7.10. The van der Waals surface area contributed by atoms with Crippen LogP contribution in [0.2, 0.25) is 5.02 Å². The summed E-state index contributed by atoms with van der Waals surface area (Å²) >= 11 is 8.07. The molecule has 1 aliphatic rings. The Morgan fingerprint density at radius 2 is 2.00 bits per heavy atom. The van der Waals surface area contributed by atoms with Crippen LogP contribution < -0.4 is 0 Å². The minimum atomic E-state index is -1.14. The first-order valence-electron chi connectivity index (χ1n) is 8.80. The van der Waals surface area contributed by atoms with E-state index in [0.717, 1.165) is 32.0 Å². The Kier molecular flexibility index (Phi) is 8.63. The lowest BCUT2D eigenvalue weighted by Crippen LogP contribution is -2.38. The van der Waals surface area contributed by atoms with E-state index in [1.165, 1.54) is 17.6 Å². The van der Waals surface area contributed by atoms with E-state index in [-0.39, 0.29) is 5.97 Å². The van der Waals surface area contributed by atoms with Gasteiger partial charge in [0.1, 0.15) is 6.04 Å². The summed E-state index contributed by atoms with van der Waals surface area (Å²) in [6, 6.07) is 9.16. The number of benzene rings is 1. The molecule has 1 aliphatic heterocycles. The third-order valence-corrected chi connectivity index (χ3v) is 5.59. The zero-order valence-electron chi connectivity index (χ0n) is 16.1. The first-order valence-corrected chi connectivity index (χ1v) is 10.1. The molecule has 0 spiro atoms. The molecule has 0 radical (unpaired) electrons. The normalized spacial score (nSPS) is 14.0. The van der Waals surface area contributed by atoms with Crippen LogP contribution in [0.4, 0.5) is 0 Å². The van der Waals surface area contributed by atoms with Crippen molar-refractivity contribution in [1.29, 1.82) is 0 Å². The highest BCUT2D eigenvalue weighted by atomic mass is 35.5. The topological polar surface area (TPSA) is 93.1 Å². The van der Waals surface area contributed by atoms with Crippen LogP contribution in [0.25, 0.3) is 0 Å². The van der Waals surface area contributed by atoms with E-state index in [1.54, 1.807) is 11.3 Å². The molecule has 0 amide bonds. The number of fused-ring (bicyclic) bond motifs is 1. The molecular weight excluding hydrogens is 418 g/mol. The number of methoxy groups -OCH3 is 1. The Bertz CT molecular complexity index is 854. The van der Waals surface area contributed by atoms with Gasteiger partial charge in [0, 0.05) is 29.9 Å². The maximum atomic E-state index is 12.3. The summed E-state index contributed by atoms with van der Waals surface area (Å²) in [5.74, 6) is -1.98. The second kappa shape index (κ2) is 10.9. The van der Waals surface area contributed by atoms with E-state index in [4.69, 9.17) is 21.4 Å². The van der Waals surface area contributed by atoms with Crippen LogP contribution in [0, 0.1) is 0 Å². The highest BCUT2D eigenvalue weighted by Crippen LogP contribution is 2.33. The number of hydrogen-bond acceptors (Lipinski definition) is 7. The van der Waals surface area contributed by atoms with Crippen LogP contribution in [0.15, 0.2) is 35.7 Å². The van der Waals surface area contributed by atoms with Crippen molar-refractivity contribution in [3.63, 3.8) is 0 Å². The number of carboxylic acid groups (broad SMARTS) is 1. The zero-order chi connectivity index (χ0) is 21.4. The van der Waals surface area contributed by atoms with E-state index < -0.39 is 24.6 Å². The van der Waals surface area contributed by atoms with Gasteiger partial charge in [-0.2, -0.15) is 0 Å². The second-order valence-corrected chi connectivity index (χ2v) is 7.62. The lowest BCUT2D eigenvalue weighted by Gasteiger charge is -2.33. The van der Waals surface area contributed by atoms with Crippen molar-refractivity contribution in [2.24, 2.45) is 0 Å². The van der Waals surface area contributed by atoms with Crippen molar-refractivity contribution in [3.05, 3.63) is 56.7 Å². The molecule has 3 rings (SSSR count). The molecule has 29 heavy (non-hydrogen) atoms. The molecule has 0 aliphatic carbocycles. The van der Waals surface area contributed by atoms with Crippen LogP contribution in [0.3, 0.4) is 0 Å². The van der Waals surface area contributed by atoms with Crippen molar-refractivity contribution < 1.29 is 29.0 Å². The molecule has 2 aromatic rings. The van der Waals surface area contributed by atoms with Crippen molar-refractivity contribution in [1.82, 2.24) is 4.90 Å². The maximum Gasteiger partial charge on any atom is 0.341 e. The maximum absolute atomic E-state index is 12.3. The van der Waals surface area contributed by atoms with Gasteiger partial charge in [-0.25, -0.2) is 9.59 Å². The van der Waals surface area contributed by atoms with Crippen LogP contribution in [0.1, 0.15) is 29.0 Å². The summed E-state index contributed by atoms with van der Waals surface area (Å²) < 4.78 is 9.07. The number of rotatable bonds is 5. The van der Waals surface area contributed by atoms with Crippen molar-refractivity contribution in [2.45, 2.75) is 25.9 Å². The van der Waals surface area contributed by atoms with E-state index >= 15 is 0 Å². The van der Waals surface area contributed by atoms with Gasteiger partial charge >= 0.3 is 17.9 Å². The third-order valence-electron chi connectivity index (χ3n) is 4.23. The molecule has 0 saturated heterocycles. The molecular formula is C20H22ClNO6S. The van der Waals surface area contributed by atoms with Gasteiger partial charge in [-0.15, -0.1) is 11.3 Å². The fourth-order valence-corrected chi connectivity index (χ4v) is 4.06. The number of nitrogens with zero attached hydrogens (tertiary/aromatic N) is 1. The Labute approximate surface area is 177 Å². The van der Waals surface area contributed by atoms with Gasteiger partial charge in [0.25, 0.3) is 0 Å². The summed E-state index contributed by atoms with van der Waals surface area (Å²) in [5.41, 5.74) is 2.11. The number of carbonyl (C=O) groups is 3. The van der Waals surface area contributed by atoms with E-state index in [1.807, 2.05) is 24.3 Å². The van der Waals surface area contributed by atoms with Gasteiger partial charge in [0.15, 0.2) is 6.61 Å². The second-order valence-electron chi connectivity index (χ2n) is 6.21. The van der Waals surface area contributed by atoms with E-state index in [9.17, 15) is 14.4 Å². The molecule has 156 valence electrons. The molecule has 1 N–H and O–H groups in total. The number of carbonyl (C=O) groups excluding carboxylic acids is 2. The number of hydrogen-bond donors (Lipinski definition) is 1. The molecule has 7 nitrogen and oxygen atoms in total. The highest BCUT2D eigenvalue weighted by Gasteiger charge is 2.32. The number of halogens is 1. The van der Waals surface area contributed by atoms with Crippen molar-refractivity contribution >= 4 is 40.8 Å². The average Bonchev–Trinajstić information content (AvgIpc) is 3.16. The number of ether oxygens (including phenoxy) is 2. The first kappa shape index (κ1) is 22.9. The number of thiophene rings is 1. The molecule has 0 bridgehead atoms. The average molecular weight is 440 g/mol. The largest absolute Gasteiger partial charge is 0.479 e. The molecule has 1 aromatic carbocycles. The minimum Gasteiger partial charge on any atom is -0.479 e. The van der Waals surface area contributed by atoms with Gasteiger partial charge < -0.3 is 14.6 Å². The number of carboxylic acids is 1. The standard InChI is InChI=1S/C16H16ClNO2S.C4H6O4/c1-20-16(19)15(12-4-2-3-5-13(12)17)18-8-6-14-11(10-18)7-9-21-14;1-3(5)8-2-4(6)7/h2-5,7,9,15H,6,8,10H2,1H3;2H2,1H3,(H,6,7)/t15-;/m0./s1. The van der Waals surface area contributed by atoms with Gasteiger partial charge in [0.2, 0.25) is 0 Å². The summed E-state index contributed by atoms with van der Waals surface area (Å²) in [6.45, 7) is 2.20. The van der Waals surface area contributed by atoms with E-state index in [2.05, 4.69) is 21.1 Å². The molecule has 0 fully saturated rings. The van der Waals surface area contributed by atoms with Crippen LogP contribution in [0.5, 0.6) is 0 Å². The Morgan fingerprint density at radius 1 is 1.28 bits per heavy atom. The number of esters is 2. The molecule has 1 atom stereocenters. The van der Waals surface area contributed by atoms with Gasteiger partial charge in [-0.1, -0.05) is 29.8 Å². The predicted octanol–water partition coefficient (Wildman–Crippen LogP) is 3.31. The fourth-order valence-electron chi connectivity index (χ4n) is 2.94. The van der Waals surface area contributed by atoms with Gasteiger partial charge in [-0.3, -0.25) is 9.69 Å². The predicted molar refractivity (Wildman–Crippen MR) is 109 cm³/mol. The Balaban J connectivity index is 0.000000321. The lowest BCUT2D eigenvalue weighted by molar-refractivity contribution is -0.153. The van der Waals surface area contributed by atoms with Crippen molar-refractivity contribution in [3.8, 4) is 0 Å². The van der Waals surface area contributed by atoms with Gasteiger partial charge in [-0.05, 0) is 35.1 Å². The quantitative estimate of drug-likeness (QED) is 0.714. The fraction of sp³-hybridized carbons (Fsp3) is 0.350. The lowest BCUT2D eigenvalue weighted by atomic mass is 10.0. The molecule has 0 saturated carbocycles. The van der Waals surface area contributed by atoms with Crippen molar-refractivity contribution in [2.75, 3.05) is 20.3 Å². The minimum absolute atomic E-state index is 0.262. The van der Waals surface area contributed by atoms with Gasteiger partial charge in [0.05, 0.1) is 7.11 Å². The van der Waals surface area contributed by atoms with E-state index in [0.29, 0.717) is 5.02 Å². The Morgan fingerprint density at radius 3 is 2.59 bits per heavy atom. The summed E-state index contributed by atoms with van der Waals surface area (Å²) in [6.07, 6.45) is 0.963. The summed E-state index contributed by atoms with van der Waals surface area (Å²) in [4.78, 5) is 35.3. The zero-order valence-corrected chi connectivity index (χ0v) is 17.7. The number of aliphatic carboxylic acids is 1. The molecule has 9 heteroatoms. The van der Waals surface area contributed by atoms with Crippen LogP contribution in [-0.2, 0) is 36.8 Å². The summed E-state index contributed by atoms with van der Waals surface area (Å²) in [7, 11) is 1.42. The molecule has 1 aromatic heterocycles.